The Morgan fingerprint density at radius 1 is 0.316 bits per heavy atom. The lowest BCUT2D eigenvalue weighted by Crippen LogP contribution is -2.02. The van der Waals surface area contributed by atoms with Crippen molar-refractivity contribution in [2.75, 3.05) is 0 Å². The van der Waals surface area contributed by atoms with Crippen molar-refractivity contribution in [2.24, 2.45) is 0 Å². The van der Waals surface area contributed by atoms with Crippen molar-refractivity contribution in [3.05, 3.63) is 0 Å². The van der Waals surface area contributed by atoms with Gasteiger partial charge in [0.2, 0.25) is 0 Å². The Hall–Kier alpha value is -0.645. The van der Waals surface area contributed by atoms with E-state index in [1.165, 1.54) is 25.7 Å². The normalized spacial score (nSPS) is 14.5. The van der Waals surface area contributed by atoms with Crippen molar-refractivity contribution in [3.8, 4) is 0 Å². The molecule has 0 spiro atoms. The largest absolute Gasteiger partial charge is 0.673 e. The molecule has 15 heteroatoms. The highest BCUT2D eigenvalue weighted by Gasteiger charge is 2.21. The van der Waals surface area contributed by atoms with E-state index >= 15 is 0 Å². The van der Waals surface area contributed by atoms with Gasteiger partial charge in [0, 0.05) is 0 Å². The lowest BCUT2D eigenvalue weighted by molar-refractivity contribution is 0.366. The molecular weight excluding hydrogens is 308 g/mol. The molecule has 0 radical (unpaired) electrons. The topological polar surface area (TPSA) is 0 Å². The molecule has 0 aromatic carbocycles. The van der Waals surface area contributed by atoms with E-state index in [1.807, 2.05) is 0 Å². The van der Waals surface area contributed by atoms with E-state index in [9.17, 15) is 51.8 Å². The molecule has 0 nitrogen and oxygen atoms in total. The Balaban J connectivity index is -0.000000180. The van der Waals surface area contributed by atoms with Crippen LogP contribution in [0.1, 0.15) is 25.7 Å². The predicted octanol–water partition coefficient (Wildman–Crippen LogP) is 5.46. The lowest BCUT2D eigenvalue weighted by Gasteiger charge is -2.05. The summed E-state index contributed by atoms with van der Waals surface area (Å²) in [5.74, 6) is 0. The molecule has 0 atom stereocenters. The minimum Gasteiger partial charge on any atom is -0.418 e. The molecule has 0 aliphatic heterocycles. The smallest absolute Gasteiger partial charge is 0.418 e. The third-order valence-electron chi connectivity index (χ3n) is 1.000. The highest BCUT2D eigenvalue weighted by Crippen LogP contribution is 2.15. The van der Waals surface area contributed by atoms with Crippen LogP contribution >= 0.6 is 0 Å². The fourth-order valence-corrected chi connectivity index (χ4v) is 0.250. The van der Waals surface area contributed by atoms with E-state index in [0.29, 0.717) is 0 Å². The first-order chi connectivity index (χ1) is 8.00. The summed E-state index contributed by atoms with van der Waals surface area (Å²) < 4.78 is 117. The second-order valence-corrected chi connectivity index (χ2v) is 2.90. The van der Waals surface area contributed by atoms with Crippen LogP contribution < -0.4 is 0 Å². The molecule has 120 valence electrons. The summed E-state index contributed by atoms with van der Waals surface area (Å²) in [7, 11) is -18.0. The van der Waals surface area contributed by atoms with Crippen LogP contribution in [0.5, 0.6) is 0 Å². The maximum atomic E-state index is 9.75. The first kappa shape index (κ1) is 23.4. The van der Waals surface area contributed by atoms with Gasteiger partial charge in [0.05, 0.1) is 0 Å². The van der Waals surface area contributed by atoms with Crippen LogP contribution in [0.4, 0.5) is 51.8 Å². The molecule has 0 bridgehead atoms. The van der Waals surface area contributed by atoms with Crippen molar-refractivity contribution in [1.29, 1.82) is 0 Å². The van der Waals surface area contributed by atoms with Crippen molar-refractivity contribution >= 4 is 21.8 Å². The van der Waals surface area contributed by atoms with Crippen LogP contribution in [0.2, 0.25) is 0 Å². The summed E-state index contributed by atoms with van der Waals surface area (Å²) in [6.45, 7) is 0. The number of hydrogen-bond acceptors (Lipinski definition) is 0. The van der Waals surface area contributed by atoms with Crippen LogP contribution in [0, 0.1) is 0 Å². The first-order valence-electron chi connectivity index (χ1n) is 4.62. The van der Waals surface area contributed by atoms with Crippen molar-refractivity contribution in [1.82, 2.24) is 0 Å². The average molecular weight is 317 g/mol. The molecule has 1 aliphatic rings. The third kappa shape index (κ3) is 364. The van der Waals surface area contributed by atoms with Gasteiger partial charge >= 0.3 is 21.8 Å². The van der Waals surface area contributed by atoms with Gasteiger partial charge in [-0.1, -0.05) is 25.7 Å². The second-order valence-electron chi connectivity index (χ2n) is 2.90. The zero-order valence-electron chi connectivity index (χ0n) is 9.10. The summed E-state index contributed by atoms with van der Waals surface area (Å²) in [6.07, 6.45) is 6.00. The van der Waals surface area contributed by atoms with Crippen molar-refractivity contribution in [3.63, 3.8) is 0 Å². The Kier molecular flexibility index (Phi) is 12.6. The minimum absolute atomic E-state index is 1.50. The van der Waals surface area contributed by atoms with Gasteiger partial charge in [0.25, 0.3) is 0 Å². The van der Waals surface area contributed by atoms with E-state index in [0.717, 1.165) is 0 Å². The summed E-state index contributed by atoms with van der Waals surface area (Å²) >= 11 is 0. The molecule has 0 unspecified atom stereocenters. The molecule has 1 aliphatic carbocycles. The van der Waals surface area contributed by atoms with Crippen LogP contribution in [-0.4, -0.2) is 21.8 Å². The summed E-state index contributed by atoms with van der Waals surface area (Å²) in [6, 6.07) is 0. The molecular formula is C4H8B3F12-3. The monoisotopic (exact) mass is 317 g/mol. The highest BCUT2D eigenvalue weighted by atomic mass is 19.5. The van der Waals surface area contributed by atoms with Crippen molar-refractivity contribution in [2.45, 2.75) is 25.7 Å². The average Bonchev–Trinajstić information content (AvgIpc) is 1.62. The van der Waals surface area contributed by atoms with Gasteiger partial charge in [0.1, 0.15) is 0 Å². The van der Waals surface area contributed by atoms with Gasteiger partial charge in [-0.15, -0.1) is 0 Å². The number of hydrogen-bond donors (Lipinski definition) is 0. The Morgan fingerprint density at radius 2 is 0.368 bits per heavy atom. The molecule has 0 N–H and O–H groups in total. The van der Waals surface area contributed by atoms with Crippen LogP contribution in [0.15, 0.2) is 0 Å². The fraction of sp³-hybridized carbons (Fsp3) is 1.00. The van der Waals surface area contributed by atoms with Gasteiger partial charge in [-0.3, -0.25) is 0 Å². The van der Waals surface area contributed by atoms with Gasteiger partial charge in [-0.25, -0.2) is 0 Å². The van der Waals surface area contributed by atoms with E-state index < -0.39 is 21.8 Å². The first-order valence-corrected chi connectivity index (χ1v) is 4.62. The maximum absolute atomic E-state index is 9.75. The molecule has 1 fully saturated rings. The van der Waals surface area contributed by atoms with Crippen molar-refractivity contribution < 1.29 is 51.8 Å². The van der Waals surface area contributed by atoms with E-state index in [4.69, 9.17) is 0 Å². The number of halogens is 12. The quantitative estimate of drug-likeness (QED) is 0.411. The zero-order valence-corrected chi connectivity index (χ0v) is 9.10. The van der Waals surface area contributed by atoms with E-state index in [2.05, 4.69) is 0 Å². The maximum Gasteiger partial charge on any atom is 0.673 e. The SMILES string of the molecule is C1CCC1.F[B-](F)(F)F.F[B-](F)(F)F.F[B-](F)(F)F. The molecule has 1 saturated carbocycles. The van der Waals surface area contributed by atoms with Crippen LogP contribution in [-0.2, 0) is 0 Å². The summed E-state index contributed by atoms with van der Waals surface area (Å²) in [5, 5.41) is 0. The Morgan fingerprint density at radius 3 is 0.368 bits per heavy atom. The van der Waals surface area contributed by atoms with E-state index in [-0.39, 0.29) is 0 Å². The molecule has 0 aromatic heterocycles. The molecule has 0 aromatic rings. The van der Waals surface area contributed by atoms with Crippen LogP contribution in [0.25, 0.3) is 0 Å². The van der Waals surface area contributed by atoms with Gasteiger partial charge in [0.15, 0.2) is 0 Å². The molecule has 0 heterocycles. The molecule has 0 amide bonds. The molecule has 1 rings (SSSR count). The highest BCUT2D eigenvalue weighted by molar-refractivity contribution is 6.50. The number of rotatable bonds is 0. The Labute approximate surface area is 100 Å². The van der Waals surface area contributed by atoms with Gasteiger partial charge in [-0.2, -0.15) is 0 Å². The minimum atomic E-state index is -6.00. The standard InChI is InChI=1S/C4H8.3BF4/c1-2-4-3-1;3*2-1(3,4)5/h1-4H2;;;/q;3*-1. The lowest BCUT2D eigenvalue weighted by atomic mass is 10.0. The zero-order chi connectivity index (χ0) is 16.3. The predicted molar refractivity (Wildman–Crippen MR) is 49.0 cm³/mol. The molecule has 0 saturated heterocycles. The fourth-order valence-electron chi connectivity index (χ4n) is 0.250. The summed E-state index contributed by atoms with van der Waals surface area (Å²) in [4.78, 5) is 0. The van der Waals surface area contributed by atoms with E-state index in [1.54, 1.807) is 0 Å². The summed E-state index contributed by atoms with van der Waals surface area (Å²) in [5.41, 5.74) is 0. The Bertz CT molecular complexity index is 138. The molecule has 19 heavy (non-hydrogen) atoms. The van der Waals surface area contributed by atoms with Gasteiger partial charge < -0.3 is 51.8 Å². The van der Waals surface area contributed by atoms with Gasteiger partial charge in [-0.05, 0) is 0 Å². The third-order valence-corrected chi connectivity index (χ3v) is 1.000. The second kappa shape index (κ2) is 10.2. The van der Waals surface area contributed by atoms with Crippen LogP contribution in [0.3, 0.4) is 0 Å².